The summed E-state index contributed by atoms with van der Waals surface area (Å²) in [6, 6.07) is 40.0. The highest BCUT2D eigenvalue weighted by Gasteiger charge is 2.36. The largest absolute Gasteiger partial charge is 0.0651 e. The lowest BCUT2D eigenvalue weighted by atomic mass is 9.82. The monoisotopic (exact) mass is 435 g/mol. The van der Waals surface area contributed by atoms with Gasteiger partial charge in [-0.3, -0.25) is 0 Å². The number of rotatable bonds is 3. The second-order valence-electron chi connectivity index (χ2n) is 9.31. The molecule has 0 aromatic heterocycles. The minimum Gasteiger partial charge on any atom is -0.0617 e. The number of hydrogen-bond acceptors (Lipinski definition) is 0. The Bertz CT molecular complexity index is 1350. The van der Waals surface area contributed by atoms with E-state index >= 15 is 0 Å². The van der Waals surface area contributed by atoms with Gasteiger partial charge in [0.25, 0.3) is 0 Å². The summed E-state index contributed by atoms with van der Waals surface area (Å²) in [6.07, 6.45) is 0. The van der Waals surface area contributed by atoms with Crippen LogP contribution < -0.4 is 0 Å². The average Bonchev–Trinajstić information content (AvgIpc) is 3.18. The van der Waals surface area contributed by atoms with E-state index in [2.05, 4.69) is 130 Å². The normalized spacial score (nSPS) is 11.4. The molecule has 6 aliphatic carbocycles. The first-order chi connectivity index (χ1) is 16.6. The Kier molecular flexibility index (Phi) is 4.89. The Balaban J connectivity index is 1.71. The Labute approximate surface area is 202 Å². The van der Waals surface area contributed by atoms with Gasteiger partial charge in [-0.1, -0.05) is 54.6 Å². The molecular formula is C34H27+. The Hall–Kier alpha value is -4.03. The van der Waals surface area contributed by atoms with Crippen molar-refractivity contribution >= 4 is 0 Å². The van der Waals surface area contributed by atoms with E-state index < -0.39 is 0 Å². The summed E-state index contributed by atoms with van der Waals surface area (Å²) >= 11 is 0. The third-order valence-electron chi connectivity index (χ3n) is 7.15. The van der Waals surface area contributed by atoms with Crippen molar-refractivity contribution in [2.24, 2.45) is 0 Å². The molecule has 162 valence electrons. The number of fused-ring (bicyclic) bond motifs is 3. The molecule has 0 aromatic rings. The molecule has 0 atom stereocenters. The van der Waals surface area contributed by atoms with Crippen LogP contribution in [0.15, 0.2) is 109 Å². The first kappa shape index (κ1) is 20.6. The lowest BCUT2D eigenvalue weighted by Gasteiger charge is -2.14. The highest BCUT2D eigenvalue weighted by atomic mass is 14.3. The van der Waals surface area contributed by atoms with Crippen LogP contribution in [0.5, 0.6) is 0 Å². The first-order valence-electron chi connectivity index (χ1n) is 12.0. The maximum atomic E-state index is 2.38. The molecule has 0 saturated carbocycles. The van der Waals surface area contributed by atoms with Gasteiger partial charge >= 0.3 is 0 Å². The van der Waals surface area contributed by atoms with Crippen molar-refractivity contribution in [3.63, 3.8) is 0 Å². The molecule has 0 fully saturated rings. The van der Waals surface area contributed by atoms with Crippen LogP contribution in [0.1, 0.15) is 33.4 Å². The summed E-state index contributed by atoms with van der Waals surface area (Å²) in [4.78, 5) is 0. The van der Waals surface area contributed by atoms with Gasteiger partial charge in [0.15, 0.2) is 0 Å². The second kappa shape index (κ2) is 8.08. The Morgan fingerprint density at radius 1 is 0.353 bits per heavy atom. The van der Waals surface area contributed by atoms with Gasteiger partial charge in [0.05, 0.1) is 22.6 Å². The van der Waals surface area contributed by atoms with Gasteiger partial charge in [-0.05, 0) is 92.1 Å². The fourth-order valence-electron chi connectivity index (χ4n) is 5.55. The highest BCUT2D eigenvalue weighted by molar-refractivity contribution is 5.90. The van der Waals surface area contributed by atoms with Crippen LogP contribution >= 0.6 is 0 Å². The van der Waals surface area contributed by atoms with Crippen LogP contribution in [0.4, 0.5) is 0 Å². The Morgan fingerprint density at radius 2 is 0.618 bits per heavy atom. The summed E-state index contributed by atoms with van der Waals surface area (Å²) in [5.74, 6) is 1.32. The van der Waals surface area contributed by atoms with Gasteiger partial charge in [-0.2, -0.15) is 0 Å². The van der Waals surface area contributed by atoms with Crippen molar-refractivity contribution in [1.82, 2.24) is 0 Å². The van der Waals surface area contributed by atoms with E-state index in [1.54, 1.807) is 0 Å². The minimum absolute atomic E-state index is 1.30. The van der Waals surface area contributed by atoms with Crippen LogP contribution in [0, 0.1) is 26.7 Å². The third-order valence-corrected chi connectivity index (χ3v) is 7.15. The van der Waals surface area contributed by atoms with Crippen LogP contribution in [0.3, 0.4) is 0 Å². The molecular weight excluding hydrogens is 408 g/mol. The van der Waals surface area contributed by atoms with Crippen molar-refractivity contribution in [1.29, 1.82) is 0 Å². The predicted octanol–water partition coefficient (Wildman–Crippen LogP) is 8.95. The zero-order valence-corrected chi connectivity index (χ0v) is 19.9. The molecule has 0 aromatic carbocycles. The number of hydrogen-bond donors (Lipinski definition) is 0. The van der Waals surface area contributed by atoms with Crippen molar-refractivity contribution in [2.75, 3.05) is 0 Å². The maximum absolute atomic E-state index is 2.38. The van der Waals surface area contributed by atoms with Crippen LogP contribution in [0.25, 0.3) is 33.4 Å². The standard InChI is InChI=1S/C34H27/c1-22-19-31(28-16-10-4-7-13-25(22)28)34(32-20-23(2)26-14-8-5-11-17-29(26)32)33-21-24(3)27-15-9-6-12-18-30(27)33/h4-21H,1-3H3/q+1. The Morgan fingerprint density at radius 3 is 0.912 bits per heavy atom. The summed E-state index contributed by atoms with van der Waals surface area (Å²) in [7, 11) is 0. The van der Waals surface area contributed by atoms with E-state index in [0.29, 0.717) is 0 Å². The molecule has 0 nitrogen and oxygen atoms in total. The molecule has 6 aliphatic rings. The minimum atomic E-state index is 1.30. The van der Waals surface area contributed by atoms with E-state index in [4.69, 9.17) is 0 Å². The molecule has 0 N–H and O–H groups in total. The van der Waals surface area contributed by atoms with Gasteiger partial charge in [0.2, 0.25) is 0 Å². The number of aryl methyl sites for hydroxylation is 3. The van der Waals surface area contributed by atoms with Gasteiger partial charge < -0.3 is 0 Å². The second-order valence-corrected chi connectivity index (χ2v) is 9.31. The van der Waals surface area contributed by atoms with Crippen molar-refractivity contribution in [2.45, 2.75) is 20.8 Å². The smallest absolute Gasteiger partial charge is 0.0617 e. The van der Waals surface area contributed by atoms with E-state index in [9.17, 15) is 0 Å². The van der Waals surface area contributed by atoms with Crippen molar-refractivity contribution in [3.8, 4) is 33.4 Å². The summed E-state index contributed by atoms with van der Waals surface area (Å²) in [6.45, 7) is 6.68. The van der Waals surface area contributed by atoms with Gasteiger partial charge in [-0.25, -0.2) is 0 Å². The summed E-state index contributed by atoms with van der Waals surface area (Å²) < 4.78 is 0. The van der Waals surface area contributed by atoms with E-state index in [1.807, 2.05) is 0 Å². The molecule has 0 heterocycles. The van der Waals surface area contributed by atoms with Crippen LogP contribution in [0.2, 0.25) is 0 Å². The zero-order chi connectivity index (χ0) is 23.2. The van der Waals surface area contributed by atoms with Crippen molar-refractivity contribution in [3.05, 3.63) is 148 Å². The van der Waals surface area contributed by atoms with E-state index in [1.165, 1.54) is 72.7 Å². The molecule has 0 aliphatic heterocycles. The topological polar surface area (TPSA) is 0 Å². The first-order valence-corrected chi connectivity index (χ1v) is 12.0. The van der Waals surface area contributed by atoms with Gasteiger partial charge in [0.1, 0.15) is 0 Å². The van der Waals surface area contributed by atoms with Crippen LogP contribution in [-0.4, -0.2) is 0 Å². The highest BCUT2D eigenvalue weighted by Crippen LogP contribution is 2.49. The third kappa shape index (κ3) is 3.18. The molecule has 34 heavy (non-hydrogen) atoms. The molecule has 0 unspecified atom stereocenters. The molecule has 0 bridgehead atoms. The fourth-order valence-corrected chi connectivity index (χ4v) is 5.55. The quantitative estimate of drug-likeness (QED) is 0.243. The maximum Gasteiger partial charge on any atom is 0.0651 e. The SMILES string of the molecule is Cc1cc([C+](c2cc(C)c3cccccc2-3)c2cc(C)c3cccccc2-3)c2cccccc1-2. The van der Waals surface area contributed by atoms with Crippen molar-refractivity contribution < 1.29 is 0 Å². The molecule has 0 heteroatoms. The van der Waals surface area contributed by atoms with E-state index in [0.717, 1.165) is 0 Å². The summed E-state index contributed by atoms with van der Waals surface area (Å²) in [5, 5.41) is 0. The molecule has 0 radical (unpaired) electrons. The molecule has 0 spiro atoms. The molecule has 0 amide bonds. The van der Waals surface area contributed by atoms with E-state index in [-0.39, 0.29) is 0 Å². The average molecular weight is 436 g/mol. The zero-order valence-electron chi connectivity index (χ0n) is 19.9. The molecule has 6 rings (SSSR count). The predicted molar refractivity (Wildman–Crippen MR) is 144 cm³/mol. The lowest BCUT2D eigenvalue weighted by molar-refractivity contribution is 1.27. The van der Waals surface area contributed by atoms with Gasteiger partial charge in [-0.15, -0.1) is 0 Å². The fraction of sp³-hybridized carbons (Fsp3) is 0.0882. The summed E-state index contributed by atoms with van der Waals surface area (Å²) in [5.41, 5.74) is 15.7. The van der Waals surface area contributed by atoms with Crippen LogP contribution in [-0.2, 0) is 0 Å². The molecule has 0 saturated heterocycles. The lowest BCUT2D eigenvalue weighted by Crippen LogP contribution is -2.04. The van der Waals surface area contributed by atoms with Gasteiger partial charge in [0, 0.05) is 33.4 Å².